The quantitative estimate of drug-likeness (QED) is 0.439. The van der Waals surface area contributed by atoms with Crippen molar-refractivity contribution in [2.45, 2.75) is 58.2 Å². The number of carbonyl (C=O) groups is 3. The Labute approximate surface area is 190 Å². The van der Waals surface area contributed by atoms with Crippen molar-refractivity contribution in [1.82, 2.24) is 20.5 Å². The lowest BCUT2D eigenvalue weighted by molar-refractivity contribution is -0.137. The summed E-state index contributed by atoms with van der Waals surface area (Å²) in [5.74, 6) is -0.154. The normalized spacial score (nSPS) is 23.6. The second kappa shape index (κ2) is 9.18. The third-order valence-corrected chi connectivity index (χ3v) is 6.46. The summed E-state index contributed by atoms with van der Waals surface area (Å²) in [5, 5.41) is 8.20. The summed E-state index contributed by atoms with van der Waals surface area (Å²) in [5.41, 5.74) is -1.63. The molecule has 0 radical (unpaired) electrons. The highest BCUT2D eigenvalue weighted by atomic mass is 19.4. The van der Waals surface area contributed by atoms with E-state index in [1.165, 1.54) is 6.07 Å². The standard InChI is InChI=1S/C22H30F3N5O3/c1-20(2,3)14-6-8-21(9-7-14)18(32)30(19(33)29-21)13-17(31)27-11-10-26-16-5-4-15(12-28-16)22(23,24)25/h4-5,12,14H,6-11,13H2,1-3H3,(H,26,28)(H,27,31)(H,29,33). The van der Waals surface area contributed by atoms with Gasteiger partial charge in [-0.05, 0) is 49.1 Å². The number of amides is 4. The fourth-order valence-electron chi connectivity index (χ4n) is 4.39. The molecule has 1 spiro atoms. The molecule has 2 fully saturated rings. The SMILES string of the molecule is CC(C)(C)C1CCC2(CC1)NC(=O)N(CC(=O)NCCNc1ccc(C(F)(F)F)cn1)C2=O. The number of hydrogen-bond donors (Lipinski definition) is 3. The van der Waals surface area contributed by atoms with Crippen LogP contribution in [-0.4, -0.2) is 52.9 Å². The number of rotatable bonds is 6. The zero-order valence-corrected chi connectivity index (χ0v) is 19.0. The van der Waals surface area contributed by atoms with Crippen LogP contribution in [0, 0.1) is 11.3 Å². The zero-order chi connectivity index (χ0) is 24.4. The molecule has 4 amide bonds. The van der Waals surface area contributed by atoms with Gasteiger partial charge in [0.05, 0.1) is 5.56 Å². The van der Waals surface area contributed by atoms with E-state index < -0.39 is 29.2 Å². The van der Waals surface area contributed by atoms with Crippen molar-refractivity contribution in [2.75, 3.05) is 25.0 Å². The highest BCUT2D eigenvalue weighted by molar-refractivity contribution is 6.09. The van der Waals surface area contributed by atoms with E-state index >= 15 is 0 Å². The van der Waals surface area contributed by atoms with Gasteiger partial charge in [0.1, 0.15) is 17.9 Å². The number of imide groups is 1. The molecule has 0 atom stereocenters. The van der Waals surface area contributed by atoms with Gasteiger partial charge in [-0.2, -0.15) is 13.2 Å². The molecule has 2 heterocycles. The molecular formula is C22H30F3N5O3. The minimum Gasteiger partial charge on any atom is -0.368 e. The van der Waals surface area contributed by atoms with Crippen molar-refractivity contribution >= 4 is 23.7 Å². The van der Waals surface area contributed by atoms with Gasteiger partial charge in [-0.1, -0.05) is 20.8 Å². The number of urea groups is 1. The molecular weight excluding hydrogens is 439 g/mol. The number of anilines is 1. The lowest BCUT2D eigenvalue weighted by atomic mass is 9.67. The van der Waals surface area contributed by atoms with Crippen molar-refractivity contribution in [3.8, 4) is 0 Å². The lowest BCUT2D eigenvalue weighted by Gasteiger charge is -2.40. The third-order valence-electron chi connectivity index (χ3n) is 6.46. The Kier molecular flexibility index (Phi) is 6.90. The average Bonchev–Trinajstić information content (AvgIpc) is 2.94. The Bertz CT molecular complexity index is 888. The van der Waals surface area contributed by atoms with Gasteiger partial charge in [-0.25, -0.2) is 9.78 Å². The summed E-state index contributed by atoms with van der Waals surface area (Å²) >= 11 is 0. The molecule has 3 N–H and O–H groups in total. The molecule has 8 nitrogen and oxygen atoms in total. The van der Waals surface area contributed by atoms with Crippen LogP contribution in [0.15, 0.2) is 18.3 Å². The summed E-state index contributed by atoms with van der Waals surface area (Å²) in [7, 11) is 0. The summed E-state index contributed by atoms with van der Waals surface area (Å²) in [4.78, 5) is 42.3. The fraction of sp³-hybridized carbons (Fsp3) is 0.636. The number of aromatic nitrogens is 1. The lowest BCUT2D eigenvalue weighted by Crippen LogP contribution is -2.51. The highest BCUT2D eigenvalue weighted by Gasteiger charge is 2.53. The second-order valence-electron chi connectivity index (χ2n) is 9.75. The Morgan fingerprint density at radius 2 is 1.85 bits per heavy atom. The van der Waals surface area contributed by atoms with Gasteiger partial charge in [-0.15, -0.1) is 0 Å². The average molecular weight is 470 g/mol. The number of carbonyl (C=O) groups excluding carboxylic acids is 3. The highest BCUT2D eigenvalue weighted by Crippen LogP contribution is 2.43. The molecule has 0 aromatic carbocycles. The second-order valence-corrected chi connectivity index (χ2v) is 9.75. The smallest absolute Gasteiger partial charge is 0.368 e. The van der Waals surface area contributed by atoms with Crippen LogP contribution in [0.1, 0.15) is 52.0 Å². The van der Waals surface area contributed by atoms with E-state index in [0.717, 1.165) is 30.0 Å². The molecule has 11 heteroatoms. The van der Waals surface area contributed by atoms with Gasteiger partial charge < -0.3 is 16.0 Å². The van der Waals surface area contributed by atoms with Gasteiger partial charge in [0.15, 0.2) is 0 Å². The monoisotopic (exact) mass is 469 g/mol. The van der Waals surface area contributed by atoms with Crippen LogP contribution < -0.4 is 16.0 Å². The van der Waals surface area contributed by atoms with Crippen LogP contribution >= 0.6 is 0 Å². The first-order valence-corrected chi connectivity index (χ1v) is 11.0. The molecule has 1 aromatic rings. The van der Waals surface area contributed by atoms with Crippen molar-refractivity contribution in [1.29, 1.82) is 0 Å². The Balaban J connectivity index is 1.44. The molecule has 182 valence electrons. The van der Waals surface area contributed by atoms with E-state index in [1.54, 1.807) is 0 Å². The fourth-order valence-corrected chi connectivity index (χ4v) is 4.39. The first kappa shape index (κ1) is 24.8. The topological polar surface area (TPSA) is 103 Å². The first-order chi connectivity index (χ1) is 15.3. The predicted molar refractivity (Wildman–Crippen MR) is 115 cm³/mol. The van der Waals surface area contributed by atoms with E-state index in [2.05, 4.69) is 41.7 Å². The van der Waals surface area contributed by atoms with Gasteiger partial charge in [0, 0.05) is 19.3 Å². The minimum atomic E-state index is -4.46. The molecule has 1 saturated heterocycles. The van der Waals surface area contributed by atoms with Gasteiger partial charge >= 0.3 is 12.2 Å². The molecule has 0 bridgehead atoms. The van der Waals surface area contributed by atoms with Crippen LogP contribution in [0.4, 0.5) is 23.8 Å². The molecule has 0 unspecified atom stereocenters. The number of nitrogens with one attached hydrogen (secondary N) is 3. The number of nitrogens with zero attached hydrogens (tertiary/aromatic N) is 2. The van der Waals surface area contributed by atoms with Crippen LogP contribution in [0.25, 0.3) is 0 Å². The number of halogens is 3. The number of pyridine rings is 1. The Morgan fingerprint density at radius 3 is 2.39 bits per heavy atom. The zero-order valence-electron chi connectivity index (χ0n) is 19.0. The molecule has 1 saturated carbocycles. The van der Waals surface area contributed by atoms with Crippen LogP contribution in [0.2, 0.25) is 0 Å². The Morgan fingerprint density at radius 1 is 1.18 bits per heavy atom. The van der Waals surface area contributed by atoms with E-state index in [0.29, 0.717) is 18.8 Å². The molecule has 1 aliphatic carbocycles. The van der Waals surface area contributed by atoms with Crippen molar-refractivity contribution in [3.05, 3.63) is 23.9 Å². The maximum atomic E-state index is 13.0. The summed E-state index contributed by atoms with van der Waals surface area (Å²) in [6, 6.07) is 1.55. The van der Waals surface area contributed by atoms with Gasteiger partial charge in [0.2, 0.25) is 5.91 Å². The molecule has 3 rings (SSSR count). The van der Waals surface area contributed by atoms with E-state index in [9.17, 15) is 27.6 Å². The van der Waals surface area contributed by atoms with Crippen LogP contribution in [0.5, 0.6) is 0 Å². The summed E-state index contributed by atoms with van der Waals surface area (Å²) in [6.45, 7) is 6.48. The van der Waals surface area contributed by atoms with Crippen molar-refractivity contribution in [2.24, 2.45) is 11.3 Å². The molecule has 2 aliphatic rings. The number of alkyl halides is 3. The first-order valence-electron chi connectivity index (χ1n) is 11.0. The van der Waals surface area contributed by atoms with E-state index in [-0.39, 0.29) is 36.8 Å². The van der Waals surface area contributed by atoms with Crippen molar-refractivity contribution in [3.63, 3.8) is 0 Å². The maximum Gasteiger partial charge on any atom is 0.417 e. The minimum absolute atomic E-state index is 0.136. The summed E-state index contributed by atoms with van der Waals surface area (Å²) in [6.07, 6.45) is -0.950. The largest absolute Gasteiger partial charge is 0.417 e. The van der Waals surface area contributed by atoms with Crippen LogP contribution in [0.3, 0.4) is 0 Å². The van der Waals surface area contributed by atoms with Gasteiger partial charge in [-0.3, -0.25) is 14.5 Å². The maximum absolute atomic E-state index is 13.0. The molecule has 33 heavy (non-hydrogen) atoms. The Hall–Kier alpha value is -2.85. The number of hydrogen-bond acceptors (Lipinski definition) is 5. The summed E-state index contributed by atoms with van der Waals surface area (Å²) < 4.78 is 37.7. The van der Waals surface area contributed by atoms with Gasteiger partial charge in [0.25, 0.3) is 5.91 Å². The van der Waals surface area contributed by atoms with Crippen LogP contribution in [-0.2, 0) is 15.8 Å². The van der Waals surface area contributed by atoms with E-state index in [4.69, 9.17) is 0 Å². The predicted octanol–water partition coefficient (Wildman–Crippen LogP) is 3.16. The molecule has 1 aromatic heterocycles. The van der Waals surface area contributed by atoms with Crippen molar-refractivity contribution < 1.29 is 27.6 Å². The molecule has 1 aliphatic heterocycles. The van der Waals surface area contributed by atoms with E-state index in [1.807, 2.05) is 0 Å². The third kappa shape index (κ3) is 5.75.